The molecule has 1 aliphatic carbocycles. The van der Waals surface area contributed by atoms with Crippen LogP contribution in [0.25, 0.3) is 0 Å². The monoisotopic (exact) mass is 136 g/mol. The first-order chi connectivity index (χ1) is 4.89. The second kappa shape index (κ2) is 3.82. The molecule has 3 heteroatoms. The van der Waals surface area contributed by atoms with Crippen LogP contribution in [0.4, 0.5) is 5.82 Å². The van der Waals surface area contributed by atoms with Crippen LogP contribution in [0.3, 0.4) is 0 Å². The third-order valence-corrected chi connectivity index (χ3v) is 0.894. The molecular formula is C7H10N3. The zero-order valence-corrected chi connectivity index (χ0v) is 5.70. The Kier molecular flexibility index (Phi) is 2.67. The Morgan fingerprint density at radius 1 is 1.40 bits per heavy atom. The van der Waals surface area contributed by atoms with Crippen LogP contribution in [0.5, 0.6) is 0 Å². The van der Waals surface area contributed by atoms with Crippen molar-refractivity contribution in [3.05, 3.63) is 25.0 Å². The first-order valence-corrected chi connectivity index (χ1v) is 3.23. The lowest BCUT2D eigenvalue weighted by molar-refractivity contribution is 1.18. The number of hydrogen-bond donors (Lipinski definition) is 1. The van der Waals surface area contributed by atoms with E-state index in [1.165, 1.54) is 19.2 Å². The Bertz CT molecular complexity index is 169. The maximum absolute atomic E-state index is 5.21. The van der Waals surface area contributed by atoms with Crippen LogP contribution >= 0.6 is 0 Å². The van der Waals surface area contributed by atoms with E-state index in [4.69, 9.17) is 5.73 Å². The van der Waals surface area contributed by atoms with Crippen molar-refractivity contribution in [3.8, 4) is 0 Å². The van der Waals surface area contributed by atoms with Crippen LogP contribution in [0.1, 0.15) is 12.8 Å². The molecule has 2 rings (SSSR count). The quantitative estimate of drug-likeness (QED) is 0.579. The molecule has 1 fully saturated rings. The molecule has 0 bridgehead atoms. The SMILES string of the molecule is Nc1ccncn1.[CH]1CC1. The Labute approximate surface area is 60.3 Å². The van der Waals surface area contributed by atoms with Gasteiger partial charge in [0.05, 0.1) is 0 Å². The summed E-state index contributed by atoms with van der Waals surface area (Å²) in [7, 11) is 0. The molecule has 0 spiro atoms. The van der Waals surface area contributed by atoms with Gasteiger partial charge in [-0.05, 0) is 25.3 Å². The fourth-order valence-corrected chi connectivity index (χ4v) is 0.301. The van der Waals surface area contributed by atoms with E-state index in [-0.39, 0.29) is 0 Å². The fourth-order valence-electron chi connectivity index (χ4n) is 0.301. The summed E-state index contributed by atoms with van der Waals surface area (Å²) in [6.07, 6.45) is 8.01. The number of nitrogens with two attached hydrogens (primary N) is 1. The van der Waals surface area contributed by atoms with E-state index in [1.807, 2.05) is 0 Å². The highest BCUT2D eigenvalue weighted by atomic mass is 14.9. The molecule has 0 amide bonds. The highest BCUT2D eigenvalue weighted by molar-refractivity contribution is 5.22. The molecule has 1 aliphatic rings. The summed E-state index contributed by atoms with van der Waals surface area (Å²) < 4.78 is 0. The summed E-state index contributed by atoms with van der Waals surface area (Å²) >= 11 is 0. The van der Waals surface area contributed by atoms with E-state index in [9.17, 15) is 0 Å². The second-order valence-corrected chi connectivity index (χ2v) is 2.00. The minimum Gasteiger partial charge on any atom is -0.384 e. The zero-order valence-electron chi connectivity index (χ0n) is 5.70. The van der Waals surface area contributed by atoms with Crippen LogP contribution in [0, 0.1) is 6.42 Å². The zero-order chi connectivity index (χ0) is 7.23. The lowest BCUT2D eigenvalue weighted by Gasteiger charge is -1.82. The lowest BCUT2D eigenvalue weighted by Crippen LogP contribution is -1.87. The van der Waals surface area contributed by atoms with E-state index < -0.39 is 0 Å². The van der Waals surface area contributed by atoms with E-state index in [0.717, 1.165) is 0 Å². The van der Waals surface area contributed by atoms with Gasteiger partial charge in [0.15, 0.2) is 0 Å². The number of hydrogen-bond acceptors (Lipinski definition) is 3. The summed E-state index contributed by atoms with van der Waals surface area (Å²) in [5.41, 5.74) is 5.21. The smallest absolute Gasteiger partial charge is 0.126 e. The third-order valence-electron chi connectivity index (χ3n) is 0.894. The highest BCUT2D eigenvalue weighted by Gasteiger charge is 1.95. The van der Waals surface area contributed by atoms with Crippen LogP contribution in [-0.4, -0.2) is 9.97 Å². The van der Waals surface area contributed by atoms with Gasteiger partial charge in [0.25, 0.3) is 0 Å². The maximum atomic E-state index is 5.21. The van der Waals surface area contributed by atoms with E-state index >= 15 is 0 Å². The number of nitrogen functional groups attached to an aromatic ring is 1. The fraction of sp³-hybridized carbons (Fsp3) is 0.286. The van der Waals surface area contributed by atoms with E-state index in [1.54, 1.807) is 12.3 Å². The van der Waals surface area contributed by atoms with Crippen LogP contribution in [0.2, 0.25) is 0 Å². The van der Waals surface area contributed by atoms with Crippen molar-refractivity contribution < 1.29 is 0 Å². The van der Waals surface area contributed by atoms with Gasteiger partial charge in [0.2, 0.25) is 0 Å². The molecule has 1 radical (unpaired) electrons. The van der Waals surface area contributed by atoms with Gasteiger partial charge < -0.3 is 5.73 Å². The molecule has 2 N–H and O–H groups in total. The van der Waals surface area contributed by atoms with Gasteiger partial charge in [-0.15, -0.1) is 0 Å². The third kappa shape index (κ3) is 3.83. The van der Waals surface area contributed by atoms with Gasteiger partial charge in [-0.25, -0.2) is 9.97 Å². The molecule has 1 heterocycles. The van der Waals surface area contributed by atoms with Gasteiger partial charge in [-0.3, -0.25) is 0 Å². The van der Waals surface area contributed by atoms with Crippen molar-refractivity contribution in [1.82, 2.24) is 9.97 Å². The van der Waals surface area contributed by atoms with Crippen molar-refractivity contribution in [3.63, 3.8) is 0 Å². The Hall–Kier alpha value is -1.12. The molecule has 3 nitrogen and oxygen atoms in total. The second-order valence-electron chi connectivity index (χ2n) is 2.00. The maximum Gasteiger partial charge on any atom is 0.126 e. The molecule has 1 aromatic heterocycles. The van der Waals surface area contributed by atoms with Gasteiger partial charge in [-0.2, -0.15) is 0 Å². The van der Waals surface area contributed by atoms with Gasteiger partial charge >= 0.3 is 0 Å². The molecule has 0 unspecified atom stereocenters. The van der Waals surface area contributed by atoms with Crippen molar-refractivity contribution in [2.24, 2.45) is 0 Å². The predicted octanol–water partition coefficient (Wildman–Crippen LogP) is 1.04. The van der Waals surface area contributed by atoms with E-state index in [0.29, 0.717) is 5.82 Å². The number of aromatic nitrogens is 2. The number of anilines is 1. The van der Waals surface area contributed by atoms with Crippen molar-refractivity contribution >= 4 is 5.82 Å². The van der Waals surface area contributed by atoms with Gasteiger partial charge in [-0.1, -0.05) is 0 Å². The topological polar surface area (TPSA) is 51.8 Å². The summed E-state index contributed by atoms with van der Waals surface area (Å²) in [4.78, 5) is 7.30. The molecule has 0 atom stereocenters. The first kappa shape index (κ1) is 6.99. The highest BCUT2D eigenvalue weighted by Crippen LogP contribution is 2.12. The Morgan fingerprint density at radius 3 is 2.30 bits per heavy atom. The molecule has 10 heavy (non-hydrogen) atoms. The van der Waals surface area contributed by atoms with E-state index in [2.05, 4.69) is 16.4 Å². The normalized spacial score (nSPS) is 13.2. The van der Waals surface area contributed by atoms with Gasteiger partial charge in [0, 0.05) is 6.20 Å². The predicted molar refractivity (Wildman–Crippen MR) is 40.0 cm³/mol. The summed E-state index contributed by atoms with van der Waals surface area (Å²) in [6, 6.07) is 1.64. The molecule has 0 saturated heterocycles. The average molecular weight is 136 g/mol. The minimum atomic E-state index is 0.509. The molecule has 1 saturated carbocycles. The number of nitrogens with zero attached hydrogens (tertiary/aromatic N) is 2. The summed E-state index contributed by atoms with van der Waals surface area (Å²) in [5, 5.41) is 0. The Balaban J connectivity index is 0.000000138. The van der Waals surface area contributed by atoms with Gasteiger partial charge in [0.1, 0.15) is 12.1 Å². The summed E-state index contributed by atoms with van der Waals surface area (Å²) in [5.74, 6) is 0.509. The first-order valence-electron chi connectivity index (χ1n) is 3.23. The van der Waals surface area contributed by atoms with Crippen LogP contribution in [-0.2, 0) is 0 Å². The molecule has 53 valence electrons. The van der Waals surface area contributed by atoms with Crippen molar-refractivity contribution in [2.75, 3.05) is 5.73 Å². The van der Waals surface area contributed by atoms with Crippen LogP contribution < -0.4 is 5.73 Å². The van der Waals surface area contributed by atoms with Crippen LogP contribution in [0.15, 0.2) is 18.6 Å². The summed E-state index contributed by atoms with van der Waals surface area (Å²) in [6.45, 7) is 0. The largest absolute Gasteiger partial charge is 0.384 e. The molecule has 0 aliphatic heterocycles. The molecule has 1 aromatic rings. The molecule has 0 aromatic carbocycles. The minimum absolute atomic E-state index is 0.509. The standard InChI is InChI=1S/C4H5N3.C3H5/c5-4-1-2-6-3-7-4;1-2-3-1/h1-3H,(H2,5,6,7);1H,2-3H2. The van der Waals surface area contributed by atoms with Crippen molar-refractivity contribution in [2.45, 2.75) is 12.8 Å². The Morgan fingerprint density at radius 2 is 2.10 bits per heavy atom. The van der Waals surface area contributed by atoms with Crippen molar-refractivity contribution in [1.29, 1.82) is 0 Å². The average Bonchev–Trinajstić information content (AvgIpc) is 2.73. The number of rotatable bonds is 0. The molecular weight excluding hydrogens is 126 g/mol. The lowest BCUT2D eigenvalue weighted by atomic mass is 10.6.